The lowest BCUT2D eigenvalue weighted by Gasteiger charge is -2.16. The first-order valence-electron chi connectivity index (χ1n) is 5.48. The summed E-state index contributed by atoms with van der Waals surface area (Å²) in [5.41, 5.74) is 0.944. The SMILES string of the molecule is CCC(CC)n1cc(C)nc1SCC(=O)O. The minimum atomic E-state index is -0.804. The van der Waals surface area contributed by atoms with Crippen LogP contribution < -0.4 is 0 Å². The van der Waals surface area contributed by atoms with E-state index in [2.05, 4.69) is 23.4 Å². The maximum atomic E-state index is 10.5. The van der Waals surface area contributed by atoms with Crippen molar-refractivity contribution < 1.29 is 9.90 Å². The number of imidazole rings is 1. The third-order valence-corrected chi connectivity index (χ3v) is 3.43. The molecule has 1 aromatic heterocycles. The molecule has 4 nitrogen and oxygen atoms in total. The first-order chi connectivity index (χ1) is 7.58. The number of hydrogen-bond donors (Lipinski definition) is 1. The van der Waals surface area contributed by atoms with Crippen LogP contribution in [0.4, 0.5) is 0 Å². The van der Waals surface area contributed by atoms with Crippen LogP contribution in [0.5, 0.6) is 0 Å². The number of thioether (sulfide) groups is 1. The lowest BCUT2D eigenvalue weighted by atomic mass is 10.2. The van der Waals surface area contributed by atoms with Gasteiger partial charge in [-0.1, -0.05) is 25.6 Å². The highest BCUT2D eigenvalue weighted by Gasteiger charge is 2.14. The lowest BCUT2D eigenvalue weighted by Crippen LogP contribution is -2.08. The number of carbonyl (C=O) groups is 1. The van der Waals surface area contributed by atoms with Crippen LogP contribution in [0.25, 0.3) is 0 Å². The molecule has 0 saturated carbocycles. The maximum Gasteiger partial charge on any atom is 0.313 e. The molecule has 0 atom stereocenters. The zero-order chi connectivity index (χ0) is 12.1. The Bertz CT molecular complexity index is 359. The minimum Gasteiger partial charge on any atom is -0.481 e. The van der Waals surface area contributed by atoms with E-state index >= 15 is 0 Å². The number of aromatic nitrogens is 2. The van der Waals surface area contributed by atoms with Crippen molar-refractivity contribution in [3.05, 3.63) is 11.9 Å². The summed E-state index contributed by atoms with van der Waals surface area (Å²) in [5.74, 6) is -0.738. The van der Waals surface area contributed by atoms with Crippen LogP contribution in [0.15, 0.2) is 11.4 Å². The summed E-state index contributed by atoms with van der Waals surface area (Å²) in [7, 11) is 0. The highest BCUT2D eigenvalue weighted by Crippen LogP contribution is 2.25. The van der Waals surface area contributed by atoms with Gasteiger partial charge in [-0.15, -0.1) is 0 Å². The van der Waals surface area contributed by atoms with Gasteiger partial charge in [-0.3, -0.25) is 4.79 Å². The molecule has 1 heterocycles. The smallest absolute Gasteiger partial charge is 0.313 e. The van der Waals surface area contributed by atoms with Gasteiger partial charge >= 0.3 is 5.97 Å². The molecule has 0 aliphatic heterocycles. The molecule has 1 aromatic rings. The van der Waals surface area contributed by atoms with Crippen molar-refractivity contribution in [3.63, 3.8) is 0 Å². The van der Waals surface area contributed by atoms with Crippen LogP contribution in [-0.4, -0.2) is 26.4 Å². The number of hydrogen-bond acceptors (Lipinski definition) is 3. The molecular formula is C11H18N2O2S. The summed E-state index contributed by atoms with van der Waals surface area (Å²) in [6.07, 6.45) is 4.07. The topological polar surface area (TPSA) is 55.1 Å². The molecule has 1 rings (SSSR count). The second-order valence-electron chi connectivity index (χ2n) is 3.72. The number of carboxylic acid groups (broad SMARTS) is 1. The van der Waals surface area contributed by atoms with Crippen LogP contribution in [0.1, 0.15) is 38.4 Å². The average molecular weight is 242 g/mol. The van der Waals surface area contributed by atoms with E-state index in [0.29, 0.717) is 6.04 Å². The predicted molar refractivity (Wildman–Crippen MR) is 64.9 cm³/mol. The van der Waals surface area contributed by atoms with E-state index in [-0.39, 0.29) is 5.75 Å². The predicted octanol–water partition coefficient (Wildman–Crippen LogP) is 2.73. The molecule has 0 amide bonds. The number of rotatable bonds is 6. The summed E-state index contributed by atoms with van der Waals surface area (Å²) >= 11 is 1.29. The fourth-order valence-corrected chi connectivity index (χ4v) is 2.48. The van der Waals surface area contributed by atoms with E-state index in [1.165, 1.54) is 11.8 Å². The van der Waals surface area contributed by atoms with Crippen molar-refractivity contribution in [3.8, 4) is 0 Å². The maximum absolute atomic E-state index is 10.5. The van der Waals surface area contributed by atoms with Crippen molar-refractivity contribution >= 4 is 17.7 Å². The molecule has 0 unspecified atom stereocenters. The van der Waals surface area contributed by atoms with Gasteiger partial charge < -0.3 is 9.67 Å². The largest absolute Gasteiger partial charge is 0.481 e. The minimum absolute atomic E-state index is 0.0661. The van der Waals surface area contributed by atoms with Crippen molar-refractivity contribution in [2.24, 2.45) is 0 Å². The normalized spacial score (nSPS) is 11.0. The molecule has 16 heavy (non-hydrogen) atoms. The fraction of sp³-hybridized carbons (Fsp3) is 0.636. The quantitative estimate of drug-likeness (QED) is 0.779. The van der Waals surface area contributed by atoms with E-state index in [4.69, 9.17) is 5.11 Å². The Morgan fingerprint density at radius 3 is 2.69 bits per heavy atom. The molecular weight excluding hydrogens is 224 g/mol. The first kappa shape index (κ1) is 13.1. The van der Waals surface area contributed by atoms with Gasteiger partial charge in [-0.25, -0.2) is 4.98 Å². The van der Waals surface area contributed by atoms with Gasteiger partial charge in [0.25, 0.3) is 0 Å². The van der Waals surface area contributed by atoms with Gasteiger partial charge in [0.15, 0.2) is 5.16 Å². The second kappa shape index (κ2) is 5.94. The standard InChI is InChI=1S/C11H18N2O2S/c1-4-9(5-2)13-6-8(3)12-11(13)16-7-10(14)15/h6,9H,4-5,7H2,1-3H3,(H,14,15). The molecule has 0 fully saturated rings. The zero-order valence-electron chi connectivity index (χ0n) is 9.93. The Balaban J connectivity index is 2.85. The first-order valence-corrected chi connectivity index (χ1v) is 6.47. The molecule has 1 N–H and O–H groups in total. The Hall–Kier alpha value is -0.970. The van der Waals surface area contributed by atoms with Crippen LogP contribution in [-0.2, 0) is 4.79 Å². The molecule has 0 aliphatic rings. The van der Waals surface area contributed by atoms with Crippen LogP contribution in [0.3, 0.4) is 0 Å². The lowest BCUT2D eigenvalue weighted by molar-refractivity contribution is -0.133. The Kier molecular flexibility index (Phi) is 4.86. The molecule has 0 spiro atoms. The van der Waals surface area contributed by atoms with E-state index in [9.17, 15) is 4.79 Å². The van der Waals surface area contributed by atoms with Gasteiger partial charge in [0.1, 0.15) is 0 Å². The Morgan fingerprint density at radius 1 is 1.56 bits per heavy atom. The van der Waals surface area contributed by atoms with E-state index < -0.39 is 5.97 Å². The van der Waals surface area contributed by atoms with E-state index in [0.717, 1.165) is 23.7 Å². The number of aliphatic carboxylic acids is 1. The third-order valence-electron chi connectivity index (χ3n) is 2.48. The van der Waals surface area contributed by atoms with Crippen molar-refractivity contribution in [1.82, 2.24) is 9.55 Å². The fourth-order valence-electron chi connectivity index (χ4n) is 1.67. The number of nitrogens with zero attached hydrogens (tertiary/aromatic N) is 2. The third kappa shape index (κ3) is 3.27. The summed E-state index contributed by atoms with van der Waals surface area (Å²) in [4.78, 5) is 14.9. The number of carboxylic acids is 1. The van der Waals surface area contributed by atoms with Crippen LogP contribution in [0, 0.1) is 6.92 Å². The van der Waals surface area contributed by atoms with Crippen molar-refractivity contribution in [2.45, 2.75) is 44.8 Å². The van der Waals surface area contributed by atoms with Gasteiger partial charge in [0, 0.05) is 12.2 Å². The van der Waals surface area contributed by atoms with Gasteiger partial charge in [0.05, 0.1) is 11.4 Å². The molecule has 0 saturated heterocycles. The van der Waals surface area contributed by atoms with Gasteiger partial charge in [-0.05, 0) is 19.8 Å². The zero-order valence-corrected chi connectivity index (χ0v) is 10.8. The van der Waals surface area contributed by atoms with E-state index in [1.54, 1.807) is 0 Å². The number of aryl methyl sites for hydroxylation is 1. The van der Waals surface area contributed by atoms with Crippen LogP contribution >= 0.6 is 11.8 Å². The average Bonchev–Trinajstić information content (AvgIpc) is 2.59. The monoisotopic (exact) mass is 242 g/mol. The Labute approximate surface area is 100 Å². The molecule has 5 heteroatoms. The molecule has 90 valence electrons. The summed E-state index contributed by atoms with van der Waals surface area (Å²) < 4.78 is 2.10. The Morgan fingerprint density at radius 2 is 2.19 bits per heavy atom. The summed E-state index contributed by atoms with van der Waals surface area (Å²) in [5, 5.41) is 9.48. The van der Waals surface area contributed by atoms with Crippen molar-refractivity contribution in [1.29, 1.82) is 0 Å². The van der Waals surface area contributed by atoms with E-state index in [1.807, 2.05) is 13.1 Å². The summed E-state index contributed by atoms with van der Waals surface area (Å²) in [6, 6.07) is 0.414. The van der Waals surface area contributed by atoms with Gasteiger partial charge in [0.2, 0.25) is 0 Å². The second-order valence-corrected chi connectivity index (χ2v) is 4.67. The highest BCUT2D eigenvalue weighted by molar-refractivity contribution is 7.99. The molecule has 0 aromatic carbocycles. The molecule has 0 bridgehead atoms. The molecule has 0 aliphatic carbocycles. The highest BCUT2D eigenvalue weighted by atomic mass is 32.2. The van der Waals surface area contributed by atoms with Crippen LogP contribution in [0.2, 0.25) is 0 Å². The van der Waals surface area contributed by atoms with Crippen molar-refractivity contribution in [2.75, 3.05) is 5.75 Å². The van der Waals surface area contributed by atoms with Gasteiger partial charge in [-0.2, -0.15) is 0 Å². The molecule has 0 radical (unpaired) electrons. The summed E-state index contributed by atoms with van der Waals surface area (Å²) in [6.45, 7) is 6.20.